The minimum absolute atomic E-state index is 0.0178. The molecule has 2 rings (SSSR count). The number of furan rings is 1. The van der Waals surface area contributed by atoms with Crippen LogP contribution in [0.2, 0.25) is 0 Å². The van der Waals surface area contributed by atoms with Crippen LogP contribution in [0, 0.1) is 0 Å². The summed E-state index contributed by atoms with van der Waals surface area (Å²) in [5.74, 6) is -0.597. The number of hydrogen-bond acceptors (Lipinski definition) is 8. The summed E-state index contributed by atoms with van der Waals surface area (Å²) in [6.07, 6.45) is 1.14. The zero-order chi connectivity index (χ0) is 22.7. The Morgan fingerprint density at radius 2 is 1.84 bits per heavy atom. The maximum Gasteiger partial charge on any atom is 0.321 e. The fraction of sp³-hybridized carbons (Fsp3) is 0.316. The van der Waals surface area contributed by atoms with Crippen molar-refractivity contribution in [3.8, 4) is 5.75 Å². The normalized spacial score (nSPS) is 10.9. The Balaban J connectivity index is 1.65. The predicted octanol–water partition coefficient (Wildman–Crippen LogP) is 0.916. The van der Waals surface area contributed by atoms with Crippen LogP contribution in [0.4, 0.5) is 4.79 Å². The van der Waals surface area contributed by atoms with Gasteiger partial charge in [-0.3, -0.25) is 14.9 Å². The van der Waals surface area contributed by atoms with Crippen molar-refractivity contribution in [1.29, 1.82) is 0 Å². The summed E-state index contributed by atoms with van der Waals surface area (Å²) in [6.45, 7) is 1.45. The zero-order valence-electron chi connectivity index (χ0n) is 16.8. The van der Waals surface area contributed by atoms with Crippen LogP contribution in [0.1, 0.15) is 19.1 Å². The summed E-state index contributed by atoms with van der Waals surface area (Å²) in [5.41, 5.74) is 0. The molecule has 1 aromatic heterocycles. The maximum absolute atomic E-state index is 12.2. The molecule has 3 amide bonds. The minimum atomic E-state index is -3.81. The van der Waals surface area contributed by atoms with E-state index in [2.05, 4.69) is 10.0 Å². The highest BCUT2D eigenvalue weighted by atomic mass is 32.2. The molecule has 0 unspecified atom stereocenters. The largest absolute Gasteiger partial charge is 0.494 e. The molecule has 168 valence electrons. The molecule has 0 atom stereocenters. The first-order chi connectivity index (χ1) is 14.8. The molecule has 0 aliphatic carbocycles. The van der Waals surface area contributed by atoms with Gasteiger partial charge in [-0.2, -0.15) is 0 Å². The van der Waals surface area contributed by atoms with E-state index in [0.29, 0.717) is 18.1 Å². The average molecular weight is 453 g/mol. The highest BCUT2D eigenvalue weighted by molar-refractivity contribution is 7.89. The van der Waals surface area contributed by atoms with Gasteiger partial charge >= 0.3 is 12.0 Å². The van der Waals surface area contributed by atoms with Crippen molar-refractivity contribution in [2.24, 2.45) is 0 Å². The van der Waals surface area contributed by atoms with Gasteiger partial charge in [-0.25, -0.2) is 17.9 Å². The molecule has 3 N–H and O–H groups in total. The van der Waals surface area contributed by atoms with Crippen LogP contribution < -0.4 is 20.1 Å². The highest BCUT2D eigenvalue weighted by Crippen LogP contribution is 2.15. The Labute approximate surface area is 179 Å². The molecule has 0 bridgehead atoms. The molecule has 2 aromatic rings. The van der Waals surface area contributed by atoms with Gasteiger partial charge in [0, 0.05) is 6.54 Å². The number of benzene rings is 1. The molecular formula is C19H23N3O8S. The third kappa shape index (κ3) is 8.48. The van der Waals surface area contributed by atoms with E-state index >= 15 is 0 Å². The van der Waals surface area contributed by atoms with Crippen LogP contribution in [-0.4, -0.2) is 46.1 Å². The average Bonchev–Trinajstić information content (AvgIpc) is 3.25. The van der Waals surface area contributed by atoms with Crippen LogP contribution in [0.15, 0.2) is 52.0 Å². The van der Waals surface area contributed by atoms with Gasteiger partial charge in [0.15, 0.2) is 6.61 Å². The first kappa shape index (κ1) is 23.9. The minimum Gasteiger partial charge on any atom is -0.494 e. The number of amides is 3. The van der Waals surface area contributed by atoms with Gasteiger partial charge in [-0.15, -0.1) is 0 Å². The van der Waals surface area contributed by atoms with Crippen LogP contribution in [0.5, 0.6) is 5.75 Å². The van der Waals surface area contributed by atoms with Gasteiger partial charge in [-0.1, -0.05) is 0 Å². The number of rotatable bonds is 11. The first-order valence-corrected chi connectivity index (χ1v) is 10.8. The van der Waals surface area contributed by atoms with Gasteiger partial charge in [0.05, 0.1) is 30.7 Å². The van der Waals surface area contributed by atoms with Crippen molar-refractivity contribution < 1.29 is 36.7 Å². The van der Waals surface area contributed by atoms with Crippen molar-refractivity contribution in [3.63, 3.8) is 0 Å². The molecule has 0 radical (unpaired) electrons. The summed E-state index contributed by atoms with van der Waals surface area (Å²) in [7, 11) is -3.81. The number of carbonyl (C=O) groups excluding carboxylic acids is 3. The number of ether oxygens (including phenoxy) is 2. The Bertz CT molecular complexity index is 972. The lowest BCUT2D eigenvalue weighted by molar-refractivity contribution is -0.148. The molecule has 0 fully saturated rings. The van der Waals surface area contributed by atoms with E-state index in [9.17, 15) is 22.8 Å². The Kier molecular flexibility index (Phi) is 9.03. The lowest BCUT2D eigenvalue weighted by Crippen LogP contribution is -2.41. The number of carbonyl (C=O) groups is 3. The third-order valence-electron chi connectivity index (χ3n) is 3.69. The standard InChI is InChI=1S/C19H23N3O8S/c1-2-28-14-5-7-16(8-6-14)31(26,27)21-10-9-18(24)30-13-17(23)22-19(25)20-12-15-4-3-11-29-15/h3-8,11,21H,2,9-10,12-13H2,1H3,(H2,20,22,23,25). The Morgan fingerprint density at radius 3 is 2.48 bits per heavy atom. The number of nitrogens with one attached hydrogen (secondary N) is 3. The number of hydrogen-bond donors (Lipinski definition) is 3. The van der Waals surface area contributed by atoms with Crippen LogP contribution in [0.25, 0.3) is 0 Å². The molecule has 11 nitrogen and oxygen atoms in total. The molecule has 0 spiro atoms. The van der Waals surface area contributed by atoms with Crippen molar-refractivity contribution in [1.82, 2.24) is 15.4 Å². The fourth-order valence-electron chi connectivity index (χ4n) is 2.26. The second kappa shape index (κ2) is 11.7. The number of urea groups is 1. The van der Waals surface area contributed by atoms with E-state index in [1.807, 2.05) is 12.2 Å². The SMILES string of the molecule is CCOc1ccc(S(=O)(=O)NCCC(=O)OCC(=O)NC(=O)NCc2ccco2)cc1. The van der Waals surface area contributed by atoms with E-state index in [1.165, 1.54) is 30.5 Å². The van der Waals surface area contributed by atoms with E-state index in [0.717, 1.165) is 0 Å². The van der Waals surface area contributed by atoms with E-state index in [-0.39, 0.29) is 24.4 Å². The number of sulfonamides is 1. The number of imide groups is 1. The molecule has 0 aliphatic rings. The summed E-state index contributed by atoms with van der Waals surface area (Å²) < 4.78 is 41.6. The van der Waals surface area contributed by atoms with Gasteiger partial charge in [-0.05, 0) is 43.3 Å². The second-order valence-electron chi connectivity index (χ2n) is 6.02. The van der Waals surface area contributed by atoms with Gasteiger partial charge in [0.1, 0.15) is 11.5 Å². The quantitative estimate of drug-likeness (QED) is 0.425. The van der Waals surface area contributed by atoms with E-state index < -0.39 is 34.5 Å². The van der Waals surface area contributed by atoms with Crippen LogP contribution in [-0.2, 0) is 30.9 Å². The summed E-state index contributed by atoms with van der Waals surface area (Å²) in [4.78, 5) is 34.9. The molecule has 0 saturated carbocycles. The summed E-state index contributed by atoms with van der Waals surface area (Å²) >= 11 is 0. The second-order valence-corrected chi connectivity index (χ2v) is 7.79. The molecule has 0 aliphatic heterocycles. The van der Waals surface area contributed by atoms with Crippen molar-refractivity contribution in [3.05, 3.63) is 48.4 Å². The predicted molar refractivity (Wildman–Crippen MR) is 107 cm³/mol. The van der Waals surface area contributed by atoms with Gasteiger partial charge < -0.3 is 19.2 Å². The van der Waals surface area contributed by atoms with Crippen LogP contribution in [0.3, 0.4) is 0 Å². The lowest BCUT2D eigenvalue weighted by atomic mass is 10.3. The Hall–Kier alpha value is -3.38. The summed E-state index contributed by atoms with van der Waals surface area (Å²) in [6, 6.07) is 8.33. The van der Waals surface area contributed by atoms with E-state index in [4.69, 9.17) is 13.9 Å². The number of esters is 1. The van der Waals surface area contributed by atoms with Crippen molar-refractivity contribution in [2.75, 3.05) is 19.8 Å². The molecule has 0 saturated heterocycles. The lowest BCUT2D eigenvalue weighted by Gasteiger charge is -2.09. The highest BCUT2D eigenvalue weighted by Gasteiger charge is 2.16. The molecule has 31 heavy (non-hydrogen) atoms. The molecule has 12 heteroatoms. The smallest absolute Gasteiger partial charge is 0.321 e. The monoisotopic (exact) mass is 453 g/mol. The molecule has 1 heterocycles. The molecular weight excluding hydrogens is 430 g/mol. The topological polar surface area (TPSA) is 153 Å². The third-order valence-corrected chi connectivity index (χ3v) is 5.16. The fourth-order valence-corrected chi connectivity index (χ4v) is 3.29. The van der Waals surface area contributed by atoms with Crippen LogP contribution >= 0.6 is 0 Å². The van der Waals surface area contributed by atoms with Gasteiger partial charge in [0.25, 0.3) is 5.91 Å². The van der Waals surface area contributed by atoms with E-state index in [1.54, 1.807) is 12.1 Å². The Morgan fingerprint density at radius 1 is 1.10 bits per heavy atom. The maximum atomic E-state index is 12.2. The van der Waals surface area contributed by atoms with Crippen molar-refractivity contribution >= 4 is 27.9 Å². The summed E-state index contributed by atoms with van der Waals surface area (Å²) in [5, 5.41) is 4.37. The van der Waals surface area contributed by atoms with Gasteiger partial charge in [0.2, 0.25) is 10.0 Å². The van der Waals surface area contributed by atoms with Crippen molar-refractivity contribution in [2.45, 2.75) is 24.8 Å². The zero-order valence-corrected chi connectivity index (χ0v) is 17.6. The molecule has 1 aromatic carbocycles. The first-order valence-electron chi connectivity index (χ1n) is 9.28.